The van der Waals surface area contributed by atoms with Crippen LogP contribution in [0.2, 0.25) is 0 Å². The number of aromatic nitrogens is 2. The van der Waals surface area contributed by atoms with Crippen LogP contribution in [-0.4, -0.2) is 68.4 Å². The number of hydrogen-bond donors (Lipinski definition) is 0. The summed E-state index contributed by atoms with van der Waals surface area (Å²) >= 11 is 4.48. The molecule has 0 bridgehead atoms. The lowest BCUT2D eigenvalue weighted by Gasteiger charge is -2.27. The number of aryl methyl sites for hydroxylation is 2. The van der Waals surface area contributed by atoms with Crippen LogP contribution in [-0.2, 0) is 32.3 Å². The molecule has 4 fully saturated rings. The van der Waals surface area contributed by atoms with E-state index in [-0.39, 0.29) is 43.0 Å². The van der Waals surface area contributed by atoms with Gasteiger partial charge in [-0.05, 0) is 56.4 Å². The SMILES string of the molecule is CC(C)CCn1c2cc(N=C3C(=O)C4CC(F)C(F)CC4C3=O)sc2c2sc3c4sc(N=C5C(=O)C6CC(F)C(F)CC6C5=O)c5c4n(c3c21)CCC5C. The van der Waals surface area contributed by atoms with E-state index >= 15 is 0 Å². The van der Waals surface area contributed by atoms with Crippen molar-refractivity contribution in [2.75, 3.05) is 0 Å². The van der Waals surface area contributed by atoms with Crippen molar-refractivity contribution in [1.29, 1.82) is 0 Å². The zero-order valence-corrected chi connectivity index (χ0v) is 32.1. The van der Waals surface area contributed by atoms with E-state index in [1.165, 1.54) is 22.7 Å². The second kappa shape index (κ2) is 12.2. The van der Waals surface area contributed by atoms with Crippen molar-refractivity contribution in [3.8, 4) is 0 Å². The van der Waals surface area contributed by atoms with Gasteiger partial charge in [0, 0.05) is 42.3 Å². The highest BCUT2D eigenvalue weighted by atomic mass is 32.1. The second-order valence-electron chi connectivity index (χ2n) is 16.2. The average molecular weight is 797 g/mol. The Morgan fingerprint density at radius 1 is 0.704 bits per heavy atom. The number of ketones is 4. The molecule has 9 unspecified atom stereocenters. The number of rotatable bonds is 5. The molecule has 10 rings (SSSR count). The lowest BCUT2D eigenvalue weighted by molar-refractivity contribution is -0.123. The van der Waals surface area contributed by atoms with Crippen LogP contribution in [0.1, 0.15) is 70.8 Å². The first-order chi connectivity index (χ1) is 25.8. The molecule has 6 heterocycles. The van der Waals surface area contributed by atoms with Gasteiger partial charge in [0.15, 0.2) is 34.6 Å². The van der Waals surface area contributed by atoms with E-state index in [2.05, 4.69) is 34.9 Å². The van der Waals surface area contributed by atoms with Crippen molar-refractivity contribution >= 4 is 119 Å². The van der Waals surface area contributed by atoms with Crippen molar-refractivity contribution in [3.05, 3.63) is 11.6 Å². The van der Waals surface area contributed by atoms with Crippen molar-refractivity contribution < 1.29 is 36.7 Å². The third-order valence-electron chi connectivity index (χ3n) is 12.6. The molecule has 0 amide bonds. The molecular weight excluding hydrogens is 761 g/mol. The number of Topliss-reactive ketones (excluding diaryl/α,β-unsaturated/α-hetero) is 4. The third-order valence-corrected chi connectivity index (χ3v) is 16.2. The monoisotopic (exact) mass is 796 g/mol. The van der Waals surface area contributed by atoms with Gasteiger partial charge in [0.05, 0.1) is 40.9 Å². The molecule has 8 nitrogen and oxygen atoms in total. The topological polar surface area (TPSA) is 103 Å². The highest BCUT2D eigenvalue weighted by Crippen LogP contribution is 2.56. The smallest absolute Gasteiger partial charge is 0.188 e. The Morgan fingerprint density at radius 3 is 1.78 bits per heavy atom. The number of halogens is 4. The maximum absolute atomic E-state index is 14.3. The van der Waals surface area contributed by atoms with E-state index in [4.69, 9.17) is 4.99 Å². The quantitative estimate of drug-likeness (QED) is 0.165. The van der Waals surface area contributed by atoms with Crippen LogP contribution in [0.15, 0.2) is 16.1 Å². The summed E-state index contributed by atoms with van der Waals surface area (Å²) in [6, 6.07) is 1.91. The molecule has 4 aliphatic carbocycles. The van der Waals surface area contributed by atoms with Crippen molar-refractivity contribution in [3.63, 3.8) is 0 Å². The first-order valence-electron chi connectivity index (χ1n) is 18.8. The molecule has 9 atom stereocenters. The number of carbonyl (C=O) groups excluding carboxylic acids is 4. The minimum Gasteiger partial charge on any atom is -0.337 e. The number of fused-ring (bicyclic) bond motifs is 9. The van der Waals surface area contributed by atoms with Crippen LogP contribution in [0.25, 0.3) is 40.9 Å². The Kier molecular flexibility index (Phi) is 7.90. The molecule has 54 heavy (non-hydrogen) atoms. The number of aliphatic imine (C=N–C) groups is 2. The van der Waals surface area contributed by atoms with Crippen molar-refractivity contribution in [2.24, 2.45) is 39.6 Å². The van der Waals surface area contributed by atoms with Crippen LogP contribution in [0.3, 0.4) is 0 Å². The molecule has 0 radical (unpaired) electrons. The van der Waals surface area contributed by atoms with Gasteiger partial charge in [0.25, 0.3) is 0 Å². The molecule has 0 saturated heterocycles. The molecule has 5 aliphatic rings. The Labute approximate surface area is 318 Å². The van der Waals surface area contributed by atoms with E-state index in [9.17, 15) is 36.7 Å². The zero-order chi connectivity index (χ0) is 37.6. The summed E-state index contributed by atoms with van der Waals surface area (Å²) in [6.07, 6.45) is -6.52. The Morgan fingerprint density at radius 2 is 1.22 bits per heavy atom. The third kappa shape index (κ3) is 4.82. The zero-order valence-electron chi connectivity index (χ0n) is 29.7. The lowest BCUT2D eigenvalue weighted by atomic mass is 9.79. The van der Waals surface area contributed by atoms with Crippen molar-refractivity contribution in [2.45, 2.75) is 103 Å². The minimum absolute atomic E-state index is 0.110. The molecule has 15 heteroatoms. The van der Waals surface area contributed by atoms with Crippen LogP contribution >= 0.6 is 34.0 Å². The molecule has 5 aromatic rings. The summed E-state index contributed by atoms with van der Waals surface area (Å²) < 4.78 is 65.7. The van der Waals surface area contributed by atoms with Gasteiger partial charge in [-0.25, -0.2) is 27.5 Å². The normalized spacial score (nSPS) is 31.4. The van der Waals surface area contributed by atoms with Gasteiger partial charge >= 0.3 is 0 Å². The maximum atomic E-state index is 14.3. The summed E-state index contributed by atoms with van der Waals surface area (Å²) in [5.74, 6) is -4.92. The van der Waals surface area contributed by atoms with E-state index in [0.29, 0.717) is 15.9 Å². The van der Waals surface area contributed by atoms with Crippen LogP contribution in [0.4, 0.5) is 27.6 Å². The first kappa shape index (κ1) is 34.9. The second-order valence-corrected chi connectivity index (χ2v) is 19.3. The Hall–Kier alpha value is -3.56. The largest absolute Gasteiger partial charge is 0.337 e. The van der Waals surface area contributed by atoms with Gasteiger partial charge in [-0.1, -0.05) is 20.8 Å². The predicted molar refractivity (Wildman–Crippen MR) is 205 cm³/mol. The number of alkyl halides is 4. The fraction of sp³-hybridized carbons (Fsp3) is 0.538. The molecule has 0 N–H and O–H groups in total. The van der Waals surface area contributed by atoms with Gasteiger partial charge < -0.3 is 9.13 Å². The molecule has 5 aromatic heterocycles. The minimum atomic E-state index is -1.76. The molecule has 1 aliphatic heterocycles. The summed E-state index contributed by atoms with van der Waals surface area (Å²) in [4.78, 5) is 62.7. The molecular formula is C39H36F4N4O4S3. The average Bonchev–Trinajstić information content (AvgIpc) is 3.97. The molecule has 0 spiro atoms. The number of thiophene rings is 3. The lowest BCUT2D eigenvalue weighted by Crippen LogP contribution is -2.35. The molecule has 282 valence electrons. The molecule has 4 saturated carbocycles. The molecule has 0 aromatic carbocycles. The van der Waals surface area contributed by atoms with E-state index in [0.717, 1.165) is 72.4 Å². The Bertz CT molecular complexity index is 2510. The fourth-order valence-electron chi connectivity index (χ4n) is 9.68. The van der Waals surface area contributed by atoms with Gasteiger partial charge in [0.1, 0.15) is 34.7 Å². The first-order valence-corrected chi connectivity index (χ1v) is 21.2. The van der Waals surface area contributed by atoms with Crippen LogP contribution in [0, 0.1) is 29.6 Å². The number of carbonyl (C=O) groups is 4. The maximum Gasteiger partial charge on any atom is 0.188 e. The van der Waals surface area contributed by atoms with Crippen LogP contribution < -0.4 is 0 Å². The summed E-state index contributed by atoms with van der Waals surface area (Å²) in [6.45, 7) is 7.94. The van der Waals surface area contributed by atoms with Gasteiger partial charge in [-0.2, -0.15) is 0 Å². The van der Waals surface area contributed by atoms with Gasteiger partial charge in [0.2, 0.25) is 0 Å². The number of nitrogens with zero attached hydrogens (tertiary/aromatic N) is 4. The predicted octanol–water partition coefficient (Wildman–Crippen LogP) is 9.49. The van der Waals surface area contributed by atoms with Crippen molar-refractivity contribution in [1.82, 2.24) is 9.13 Å². The van der Waals surface area contributed by atoms with E-state index in [1.54, 1.807) is 11.3 Å². The summed E-state index contributed by atoms with van der Waals surface area (Å²) in [5.41, 5.74) is 4.78. The fourth-order valence-corrected chi connectivity index (χ4v) is 13.6. The van der Waals surface area contributed by atoms with Gasteiger partial charge in [-0.15, -0.1) is 34.0 Å². The van der Waals surface area contributed by atoms with Crippen LogP contribution in [0.5, 0.6) is 0 Å². The summed E-state index contributed by atoms with van der Waals surface area (Å²) in [7, 11) is 0. The number of hydrogen-bond acceptors (Lipinski definition) is 9. The Balaban J connectivity index is 1.11. The van der Waals surface area contributed by atoms with E-state index < -0.39 is 71.5 Å². The highest BCUT2D eigenvalue weighted by molar-refractivity contribution is 7.35. The van der Waals surface area contributed by atoms with Gasteiger partial charge in [-0.3, -0.25) is 19.2 Å². The summed E-state index contributed by atoms with van der Waals surface area (Å²) in [5, 5.41) is 1.09. The highest BCUT2D eigenvalue weighted by Gasteiger charge is 2.54. The van der Waals surface area contributed by atoms with E-state index in [1.807, 2.05) is 6.07 Å². The standard InChI is InChI=1S/C39H36F4N4O4S3/c1-13(2)4-6-46-23-12-24(44-26-31(48)15-8-19(40)20(41)9-16(15)32(26)49)52-35(23)37-29(46)30-38(53-37)36-28-25(14(3)5-7-47(28)30)39(54-36)45-27-33(50)17-10-21(42)22(43)11-18(17)34(27)51/h12-22H,4-11H2,1-3H3.